The second-order valence-corrected chi connectivity index (χ2v) is 3.23. The van der Waals surface area contributed by atoms with Crippen LogP contribution in [0.3, 0.4) is 0 Å². The predicted octanol–water partition coefficient (Wildman–Crippen LogP) is 1.75. The maximum Gasteiger partial charge on any atom is 0.200 e. The molecule has 1 heterocycles. The molecule has 3 nitrogen and oxygen atoms in total. The van der Waals surface area contributed by atoms with Crippen LogP contribution in [-0.4, -0.2) is 19.0 Å². The molecule has 17 heavy (non-hydrogen) atoms. The summed E-state index contributed by atoms with van der Waals surface area (Å²) in [5, 5.41) is 4.61. The van der Waals surface area contributed by atoms with Crippen LogP contribution >= 0.6 is 0 Å². The number of rotatable bonds is 1. The number of nitrogens with zero attached hydrogens (tertiary/aromatic N) is 1. The zero-order valence-corrected chi connectivity index (χ0v) is 8.25. The Bertz CT molecular complexity index is 471. The molecule has 1 aromatic carbocycles. The fourth-order valence-corrected chi connectivity index (χ4v) is 1.31. The number of guanidine groups is 1. The predicted molar refractivity (Wildman–Crippen MR) is 50.2 cm³/mol. The van der Waals surface area contributed by atoms with E-state index in [1.807, 2.05) is 5.32 Å². The molecule has 0 radical (unpaired) electrons. The van der Waals surface area contributed by atoms with Crippen LogP contribution in [0.25, 0.3) is 0 Å². The normalized spacial score (nSPS) is 14.5. The summed E-state index contributed by atoms with van der Waals surface area (Å²) in [6.45, 7) is 0.787. The van der Waals surface area contributed by atoms with Crippen molar-refractivity contribution >= 4 is 11.6 Å². The minimum Gasteiger partial charge on any atom is -0.354 e. The number of nitrogens with one attached hydrogen (secondary N) is 2. The lowest BCUT2D eigenvalue weighted by Crippen LogP contribution is -2.27. The average molecular weight is 251 g/mol. The molecule has 8 heteroatoms. The fraction of sp³-hybridized carbons (Fsp3) is 0.222. The molecule has 2 N–H and O–H groups in total. The summed E-state index contributed by atoms with van der Waals surface area (Å²) in [5.41, 5.74) is -1.12. The summed E-state index contributed by atoms with van der Waals surface area (Å²) in [4.78, 5) is 3.72. The Hall–Kier alpha value is -1.86. The topological polar surface area (TPSA) is 36.4 Å². The Morgan fingerprint density at radius 3 is 1.88 bits per heavy atom. The van der Waals surface area contributed by atoms with Gasteiger partial charge in [-0.3, -0.25) is 4.99 Å². The highest BCUT2D eigenvalue weighted by Crippen LogP contribution is 2.27. The van der Waals surface area contributed by atoms with Crippen molar-refractivity contribution in [3.05, 3.63) is 29.1 Å². The summed E-state index contributed by atoms with van der Waals surface area (Å²) in [6, 6.07) is 0. The smallest absolute Gasteiger partial charge is 0.200 e. The Labute approximate surface area is 92.3 Å². The summed E-state index contributed by atoms with van der Waals surface area (Å²) in [7, 11) is 0. The molecule has 1 aliphatic rings. The second kappa shape index (κ2) is 4.19. The summed E-state index contributed by atoms with van der Waals surface area (Å²) >= 11 is 0. The Kier molecular flexibility index (Phi) is 2.86. The van der Waals surface area contributed by atoms with Crippen LogP contribution in [0.4, 0.5) is 27.6 Å². The molecule has 1 aromatic rings. The molecule has 0 atom stereocenters. The molecule has 2 rings (SSSR count). The van der Waals surface area contributed by atoms with Gasteiger partial charge in [0.1, 0.15) is 5.69 Å². The van der Waals surface area contributed by atoms with Gasteiger partial charge in [0.05, 0.1) is 6.54 Å². The van der Waals surface area contributed by atoms with E-state index < -0.39 is 34.8 Å². The standard InChI is InChI=1S/C9H6F5N3/c10-3-4(11)6(13)8(7(14)5(3)12)17-9-15-1-2-16-9/h1-2H2,(H2,15,16,17). The molecule has 0 unspecified atom stereocenters. The zero-order valence-electron chi connectivity index (χ0n) is 8.25. The van der Waals surface area contributed by atoms with Gasteiger partial charge in [0.25, 0.3) is 0 Å². The number of hydrogen-bond acceptors (Lipinski definition) is 3. The van der Waals surface area contributed by atoms with E-state index in [0.717, 1.165) is 0 Å². The van der Waals surface area contributed by atoms with Gasteiger partial charge in [-0.05, 0) is 0 Å². The molecule has 0 amide bonds. The third-order valence-electron chi connectivity index (χ3n) is 2.13. The van der Waals surface area contributed by atoms with Gasteiger partial charge in [-0.1, -0.05) is 0 Å². The molecular formula is C9H6F5N3. The SMILES string of the molecule is Fc1c(F)c(F)c(NC2=NCCN2)c(F)c1F. The summed E-state index contributed by atoms with van der Waals surface area (Å²) in [6.07, 6.45) is 0. The van der Waals surface area contributed by atoms with Crippen molar-refractivity contribution < 1.29 is 22.0 Å². The number of anilines is 1. The molecule has 0 aromatic heterocycles. The van der Waals surface area contributed by atoms with Crippen molar-refractivity contribution in [2.24, 2.45) is 4.99 Å². The van der Waals surface area contributed by atoms with Gasteiger partial charge in [-0.2, -0.15) is 0 Å². The van der Waals surface area contributed by atoms with Gasteiger partial charge in [-0.25, -0.2) is 22.0 Å². The van der Waals surface area contributed by atoms with Crippen molar-refractivity contribution in [2.75, 3.05) is 18.4 Å². The van der Waals surface area contributed by atoms with Gasteiger partial charge in [0.15, 0.2) is 29.2 Å². The van der Waals surface area contributed by atoms with E-state index in [1.54, 1.807) is 0 Å². The maximum atomic E-state index is 13.2. The fourth-order valence-electron chi connectivity index (χ4n) is 1.31. The third kappa shape index (κ3) is 1.90. The van der Waals surface area contributed by atoms with Gasteiger partial charge in [0.2, 0.25) is 5.82 Å². The first-order valence-corrected chi connectivity index (χ1v) is 4.59. The molecule has 0 aliphatic carbocycles. The highest BCUT2D eigenvalue weighted by Gasteiger charge is 2.26. The van der Waals surface area contributed by atoms with Crippen LogP contribution in [0.15, 0.2) is 4.99 Å². The molecule has 0 spiro atoms. The van der Waals surface area contributed by atoms with Crippen molar-refractivity contribution in [1.29, 1.82) is 0 Å². The van der Waals surface area contributed by atoms with E-state index in [2.05, 4.69) is 10.3 Å². The third-order valence-corrected chi connectivity index (χ3v) is 2.13. The first-order chi connectivity index (χ1) is 8.02. The van der Waals surface area contributed by atoms with Crippen molar-refractivity contribution in [1.82, 2.24) is 5.32 Å². The van der Waals surface area contributed by atoms with Gasteiger partial charge >= 0.3 is 0 Å². The van der Waals surface area contributed by atoms with Gasteiger partial charge in [-0.15, -0.1) is 0 Å². The van der Waals surface area contributed by atoms with Crippen molar-refractivity contribution in [2.45, 2.75) is 0 Å². The highest BCUT2D eigenvalue weighted by molar-refractivity contribution is 5.94. The van der Waals surface area contributed by atoms with E-state index in [9.17, 15) is 22.0 Å². The van der Waals surface area contributed by atoms with E-state index in [0.29, 0.717) is 13.1 Å². The van der Waals surface area contributed by atoms with E-state index >= 15 is 0 Å². The van der Waals surface area contributed by atoms with E-state index in [1.165, 1.54) is 0 Å². The van der Waals surface area contributed by atoms with E-state index in [4.69, 9.17) is 0 Å². The molecule has 0 saturated carbocycles. The summed E-state index contributed by atoms with van der Waals surface area (Å²) in [5.74, 6) is -10.1. The molecule has 0 saturated heterocycles. The van der Waals surface area contributed by atoms with Crippen LogP contribution < -0.4 is 10.6 Å². The van der Waals surface area contributed by atoms with E-state index in [-0.39, 0.29) is 5.96 Å². The van der Waals surface area contributed by atoms with Crippen LogP contribution in [0.2, 0.25) is 0 Å². The number of benzene rings is 1. The lowest BCUT2D eigenvalue weighted by molar-refractivity contribution is 0.382. The van der Waals surface area contributed by atoms with Gasteiger partial charge in [0, 0.05) is 6.54 Å². The van der Waals surface area contributed by atoms with Crippen LogP contribution in [0, 0.1) is 29.1 Å². The first-order valence-electron chi connectivity index (χ1n) is 4.59. The maximum absolute atomic E-state index is 13.2. The van der Waals surface area contributed by atoms with Gasteiger partial charge < -0.3 is 10.6 Å². The quantitative estimate of drug-likeness (QED) is 0.453. The summed E-state index contributed by atoms with van der Waals surface area (Å²) < 4.78 is 64.7. The lowest BCUT2D eigenvalue weighted by atomic mass is 10.2. The average Bonchev–Trinajstić information content (AvgIpc) is 2.82. The molecule has 0 bridgehead atoms. The molecular weight excluding hydrogens is 245 g/mol. The Balaban J connectivity index is 2.46. The molecule has 92 valence electrons. The largest absolute Gasteiger partial charge is 0.354 e. The lowest BCUT2D eigenvalue weighted by Gasteiger charge is -2.10. The zero-order chi connectivity index (χ0) is 12.6. The van der Waals surface area contributed by atoms with Crippen LogP contribution in [0.5, 0.6) is 0 Å². The Morgan fingerprint density at radius 2 is 1.41 bits per heavy atom. The number of hydrogen-bond donors (Lipinski definition) is 2. The minimum absolute atomic E-state index is 0.0341. The van der Waals surface area contributed by atoms with Crippen LogP contribution in [-0.2, 0) is 0 Å². The second-order valence-electron chi connectivity index (χ2n) is 3.23. The number of aliphatic imine (C=N–C) groups is 1. The minimum atomic E-state index is -2.19. The Morgan fingerprint density at radius 1 is 0.882 bits per heavy atom. The molecule has 1 aliphatic heterocycles. The number of halogens is 5. The monoisotopic (exact) mass is 251 g/mol. The van der Waals surface area contributed by atoms with Crippen molar-refractivity contribution in [3.8, 4) is 0 Å². The molecule has 0 fully saturated rings. The highest BCUT2D eigenvalue weighted by atomic mass is 19.2. The van der Waals surface area contributed by atoms with Crippen molar-refractivity contribution in [3.63, 3.8) is 0 Å². The first kappa shape index (κ1) is 11.6. The van der Waals surface area contributed by atoms with Crippen LogP contribution in [0.1, 0.15) is 0 Å².